The Morgan fingerprint density at radius 2 is 2.00 bits per heavy atom. The van der Waals surface area contributed by atoms with E-state index in [-0.39, 0.29) is 0 Å². The van der Waals surface area contributed by atoms with Gasteiger partial charge in [0.05, 0.1) is 0 Å². The molecule has 0 bridgehead atoms. The summed E-state index contributed by atoms with van der Waals surface area (Å²) in [6, 6.07) is 0. The maximum Gasteiger partial charge on any atom is 0.00447 e. The summed E-state index contributed by atoms with van der Waals surface area (Å²) < 4.78 is 0. The molecular weight excluding hydrogens is 116 g/mol. The highest BCUT2D eigenvalue weighted by Crippen LogP contribution is 2.25. The van der Waals surface area contributed by atoms with E-state index in [1.165, 1.54) is 25.7 Å². The molecule has 0 atom stereocenters. The Kier molecular flexibility index (Phi) is 2.74. The molecule has 1 heteroatoms. The largest absolute Gasteiger partial charge is 0.162 e. The zero-order valence-electron chi connectivity index (χ0n) is 5.31. The Morgan fingerprint density at radius 3 is 2.38 bits per heavy atom. The highest BCUT2D eigenvalue weighted by molar-refractivity contribution is 7.99. The van der Waals surface area contributed by atoms with Crippen molar-refractivity contribution in [2.24, 2.45) is 0 Å². The van der Waals surface area contributed by atoms with Gasteiger partial charge in [-0.2, -0.15) is 11.8 Å². The van der Waals surface area contributed by atoms with Crippen molar-refractivity contribution in [3.63, 3.8) is 0 Å². The molecule has 0 heterocycles. The van der Waals surface area contributed by atoms with Crippen LogP contribution < -0.4 is 0 Å². The molecule has 0 unspecified atom stereocenters. The van der Waals surface area contributed by atoms with Gasteiger partial charge in [-0.05, 0) is 38.4 Å². The minimum Gasteiger partial charge on any atom is -0.162 e. The average molecular weight is 128 g/mol. The number of rotatable bonds is 1. The van der Waals surface area contributed by atoms with Crippen LogP contribution in [0.25, 0.3) is 0 Å². The van der Waals surface area contributed by atoms with Crippen LogP contribution in [0.1, 0.15) is 25.7 Å². The van der Waals surface area contributed by atoms with E-state index < -0.39 is 0 Å². The smallest absolute Gasteiger partial charge is 0.00447 e. The minimum atomic E-state index is 0.941. The Bertz CT molecular complexity index is 55.4. The first kappa shape index (κ1) is 6.47. The average Bonchev–Trinajstić information content (AvgIpc) is 1.90. The normalized spacial score (nSPS) is 23.6. The quantitative estimate of drug-likeness (QED) is 0.522. The third-order valence-electron chi connectivity index (χ3n) is 1.62. The molecule has 0 aliphatic heterocycles. The van der Waals surface area contributed by atoms with E-state index in [1.54, 1.807) is 0 Å². The van der Waals surface area contributed by atoms with E-state index >= 15 is 0 Å². The molecule has 0 amide bonds. The van der Waals surface area contributed by atoms with Gasteiger partial charge in [-0.15, -0.1) is 0 Å². The van der Waals surface area contributed by atoms with E-state index in [4.69, 9.17) is 0 Å². The Morgan fingerprint density at radius 1 is 1.38 bits per heavy atom. The van der Waals surface area contributed by atoms with Crippen molar-refractivity contribution < 1.29 is 0 Å². The molecule has 46 valence electrons. The summed E-state index contributed by atoms with van der Waals surface area (Å²) in [6.45, 7) is 0. The SMILES string of the molecule is CSC1CC[C]CC1. The third kappa shape index (κ3) is 1.70. The molecule has 1 aliphatic rings. The van der Waals surface area contributed by atoms with Crippen LogP contribution in [0, 0.1) is 6.42 Å². The van der Waals surface area contributed by atoms with Gasteiger partial charge in [-0.25, -0.2) is 0 Å². The fraction of sp³-hybridized carbons (Fsp3) is 0.857. The molecule has 8 heavy (non-hydrogen) atoms. The molecule has 0 nitrogen and oxygen atoms in total. The topological polar surface area (TPSA) is 0 Å². The molecule has 0 N–H and O–H groups in total. The molecule has 0 aromatic heterocycles. The van der Waals surface area contributed by atoms with Gasteiger partial charge in [0.25, 0.3) is 0 Å². The van der Waals surface area contributed by atoms with Crippen LogP contribution in [0.15, 0.2) is 0 Å². The summed E-state index contributed by atoms with van der Waals surface area (Å²) in [5.41, 5.74) is 0. The summed E-state index contributed by atoms with van der Waals surface area (Å²) in [4.78, 5) is 0. The maximum atomic E-state index is 3.34. The molecule has 2 radical (unpaired) electrons. The third-order valence-corrected chi connectivity index (χ3v) is 2.76. The van der Waals surface area contributed by atoms with Gasteiger partial charge < -0.3 is 0 Å². The van der Waals surface area contributed by atoms with Crippen LogP contribution in [-0.4, -0.2) is 11.5 Å². The van der Waals surface area contributed by atoms with E-state index in [1.807, 2.05) is 11.8 Å². The van der Waals surface area contributed by atoms with Crippen molar-refractivity contribution >= 4 is 11.8 Å². The van der Waals surface area contributed by atoms with Crippen LogP contribution in [0.4, 0.5) is 0 Å². The van der Waals surface area contributed by atoms with Gasteiger partial charge in [0.1, 0.15) is 0 Å². The lowest BCUT2D eigenvalue weighted by atomic mass is 10.0. The predicted octanol–water partition coefficient (Wildman–Crippen LogP) is 2.37. The van der Waals surface area contributed by atoms with Gasteiger partial charge >= 0.3 is 0 Å². The van der Waals surface area contributed by atoms with Crippen LogP contribution in [0.3, 0.4) is 0 Å². The minimum absolute atomic E-state index is 0.941. The fourth-order valence-corrected chi connectivity index (χ4v) is 1.74. The summed E-state index contributed by atoms with van der Waals surface area (Å²) in [5, 5.41) is 0.941. The Balaban J connectivity index is 2.13. The van der Waals surface area contributed by atoms with Crippen molar-refractivity contribution in [2.45, 2.75) is 30.9 Å². The number of thioether (sulfide) groups is 1. The van der Waals surface area contributed by atoms with Crippen LogP contribution in [0.2, 0.25) is 0 Å². The van der Waals surface area contributed by atoms with E-state index in [0.29, 0.717) is 0 Å². The first-order valence-electron chi connectivity index (χ1n) is 3.17. The Labute approximate surface area is 56.0 Å². The van der Waals surface area contributed by atoms with Crippen molar-refractivity contribution in [2.75, 3.05) is 6.26 Å². The van der Waals surface area contributed by atoms with Crippen molar-refractivity contribution in [3.8, 4) is 0 Å². The molecule has 0 saturated heterocycles. The molecule has 1 fully saturated rings. The van der Waals surface area contributed by atoms with Crippen molar-refractivity contribution in [1.82, 2.24) is 0 Å². The first-order valence-corrected chi connectivity index (χ1v) is 4.46. The first-order chi connectivity index (χ1) is 3.93. The van der Waals surface area contributed by atoms with Crippen molar-refractivity contribution in [3.05, 3.63) is 6.42 Å². The second-order valence-electron chi connectivity index (χ2n) is 2.19. The predicted molar refractivity (Wildman–Crippen MR) is 39.0 cm³/mol. The highest BCUT2D eigenvalue weighted by atomic mass is 32.2. The lowest BCUT2D eigenvalue weighted by Crippen LogP contribution is -2.06. The van der Waals surface area contributed by atoms with Crippen LogP contribution >= 0.6 is 11.8 Å². The second-order valence-corrected chi connectivity index (χ2v) is 3.32. The standard InChI is InChI=1S/C7H12S/c1-8-7-5-3-2-4-6-7/h7H,3-6H2,1H3. The monoisotopic (exact) mass is 128 g/mol. The van der Waals surface area contributed by atoms with Crippen molar-refractivity contribution in [1.29, 1.82) is 0 Å². The lowest BCUT2D eigenvalue weighted by molar-refractivity contribution is 0.609. The van der Waals surface area contributed by atoms with Crippen LogP contribution in [-0.2, 0) is 0 Å². The molecule has 1 rings (SSSR count). The van der Waals surface area contributed by atoms with E-state index in [2.05, 4.69) is 12.7 Å². The van der Waals surface area contributed by atoms with Gasteiger partial charge in [0, 0.05) is 5.25 Å². The zero-order chi connectivity index (χ0) is 5.82. The Hall–Kier alpha value is 0.350. The number of hydrogen-bond acceptors (Lipinski definition) is 1. The van der Waals surface area contributed by atoms with Gasteiger partial charge in [-0.3, -0.25) is 0 Å². The summed E-state index contributed by atoms with van der Waals surface area (Å²) in [5.74, 6) is 0. The molecule has 0 aromatic rings. The summed E-state index contributed by atoms with van der Waals surface area (Å²) >= 11 is 2.01. The fourth-order valence-electron chi connectivity index (χ4n) is 1.03. The molecule has 0 spiro atoms. The molecule has 0 aromatic carbocycles. The maximum absolute atomic E-state index is 3.34. The summed E-state index contributed by atoms with van der Waals surface area (Å²) in [7, 11) is 0. The molecular formula is C7H12S. The molecule has 1 saturated carbocycles. The van der Waals surface area contributed by atoms with Gasteiger partial charge in [-0.1, -0.05) is 0 Å². The van der Waals surface area contributed by atoms with Gasteiger partial charge in [0.2, 0.25) is 0 Å². The highest BCUT2D eigenvalue weighted by Gasteiger charge is 2.10. The lowest BCUT2D eigenvalue weighted by Gasteiger charge is -2.17. The number of hydrogen-bond donors (Lipinski definition) is 0. The van der Waals surface area contributed by atoms with E-state index in [0.717, 1.165) is 5.25 Å². The van der Waals surface area contributed by atoms with Gasteiger partial charge in [0.15, 0.2) is 0 Å². The second kappa shape index (κ2) is 3.39. The van der Waals surface area contributed by atoms with E-state index in [9.17, 15) is 0 Å². The zero-order valence-corrected chi connectivity index (χ0v) is 6.13. The molecule has 1 aliphatic carbocycles. The summed E-state index contributed by atoms with van der Waals surface area (Å²) in [6.07, 6.45) is 10.7. The van der Waals surface area contributed by atoms with Crippen LogP contribution in [0.5, 0.6) is 0 Å².